The summed E-state index contributed by atoms with van der Waals surface area (Å²) < 4.78 is 6.31. The predicted molar refractivity (Wildman–Crippen MR) is 127 cm³/mol. The van der Waals surface area contributed by atoms with Crippen molar-refractivity contribution in [3.05, 3.63) is 62.7 Å². The minimum Gasteiger partial charge on any atom is -0.505 e. The molecule has 8 heteroatoms. The SMILES string of the molecule is COC(=O)c1nc(-c2ccc3c(Br)cc(Br)c(O)c3n2)c2[nH]c3ccccc3c2c1C. The molecule has 3 heterocycles. The minimum atomic E-state index is -0.514. The van der Waals surface area contributed by atoms with Crippen LogP contribution in [0.2, 0.25) is 0 Å². The minimum absolute atomic E-state index is 0.0354. The lowest BCUT2D eigenvalue weighted by Crippen LogP contribution is -2.08. The van der Waals surface area contributed by atoms with Gasteiger partial charge in [0.2, 0.25) is 0 Å². The number of aromatic hydroxyl groups is 1. The van der Waals surface area contributed by atoms with Crippen LogP contribution in [0, 0.1) is 6.92 Å². The third-order valence-electron chi connectivity index (χ3n) is 5.37. The molecule has 5 aromatic rings. The van der Waals surface area contributed by atoms with Crippen molar-refractivity contribution in [1.82, 2.24) is 15.0 Å². The fourth-order valence-electron chi connectivity index (χ4n) is 3.89. The summed E-state index contributed by atoms with van der Waals surface area (Å²) in [6.07, 6.45) is 0. The van der Waals surface area contributed by atoms with Crippen LogP contribution in [0.5, 0.6) is 5.75 Å². The van der Waals surface area contributed by atoms with Gasteiger partial charge in [-0.3, -0.25) is 0 Å². The second kappa shape index (κ2) is 7.32. The van der Waals surface area contributed by atoms with E-state index in [0.29, 0.717) is 21.4 Å². The molecule has 154 valence electrons. The summed E-state index contributed by atoms with van der Waals surface area (Å²) in [6, 6.07) is 13.3. The van der Waals surface area contributed by atoms with Crippen molar-refractivity contribution in [2.75, 3.05) is 7.11 Å². The zero-order chi connectivity index (χ0) is 21.9. The first-order valence-electron chi connectivity index (χ1n) is 9.38. The van der Waals surface area contributed by atoms with Crippen molar-refractivity contribution in [1.29, 1.82) is 0 Å². The molecule has 0 radical (unpaired) electrons. The number of ether oxygens (including phenoxy) is 1. The number of pyridine rings is 2. The normalized spacial score (nSPS) is 11.5. The number of aryl methyl sites for hydroxylation is 1. The molecule has 0 saturated carbocycles. The van der Waals surface area contributed by atoms with Gasteiger partial charge < -0.3 is 14.8 Å². The molecule has 5 rings (SSSR count). The summed E-state index contributed by atoms with van der Waals surface area (Å²) in [5.41, 5.74) is 4.12. The lowest BCUT2D eigenvalue weighted by molar-refractivity contribution is 0.0593. The number of fused-ring (bicyclic) bond motifs is 4. The molecule has 0 saturated heterocycles. The van der Waals surface area contributed by atoms with Crippen LogP contribution < -0.4 is 0 Å². The Morgan fingerprint density at radius 1 is 1.06 bits per heavy atom. The van der Waals surface area contributed by atoms with E-state index in [0.717, 1.165) is 37.2 Å². The molecule has 0 unspecified atom stereocenters. The Hall–Kier alpha value is -2.97. The van der Waals surface area contributed by atoms with Gasteiger partial charge in [0.1, 0.15) is 11.2 Å². The fraction of sp³-hybridized carbons (Fsp3) is 0.0870. The van der Waals surface area contributed by atoms with Crippen molar-refractivity contribution in [3.63, 3.8) is 0 Å². The van der Waals surface area contributed by atoms with E-state index >= 15 is 0 Å². The van der Waals surface area contributed by atoms with E-state index in [9.17, 15) is 9.90 Å². The lowest BCUT2D eigenvalue weighted by Gasteiger charge is -2.11. The monoisotopic (exact) mass is 539 g/mol. The summed E-state index contributed by atoms with van der Waals surface area (Å²) in [4.78, 5) is 25.3. The second-order valence-electron chi connectivity index (χ2n) is 7.13. The highest BCUT2D eigenvalue weighted by atomic mass is 79.9. The maximum Gasteiger partial charge on any atom is 0.356 e. The van der Waals surface area contributed by atoms with Crippen LogP contribution in [0.15, 0.2) is 51.4 Å². The van der Waals surface area contributed by atoms with Crippen LogP contribution in [0.4, 0.5) is 0 Å². The zero-order valence-corrected chi connectivity index (χ0v) is 19.6. The summed E-state index contributed by atoms with van der Waals surface area (Å²) in [5, 5.41) is 13.2. The largest absolute Gasteiger partial charge is 0.505 e. The molecule has 6 nitrogen and oxygen atoms in total. The number of carbonyl (C=O) groups is 1. The number of benzene rings is 2. The first-order chi connectivity index (χ1) is 14.9. The summed E-state index contributed by atoms with van der Waals surface area (Å²) in [5.74, 6) is -0.478. The van der Waals surface area contributed by atoms with Crippen molar-refractivity contribution in [3.8, 4) is 17.1 Å². The van der Waals surface area contributed by atoms with Crippen LogP contribution in [0.25, 0.3) is 44.1 Å². The van der Waals surface area contributed by atoms with Crippen molar-refractivity contribution in [2.24, 2.45) is 0 Å². The molecular formula is C23H15Br2N3O3. The molecule has 31 heavy (non-hydrogen) atoms. The molecule has 0 aliphatic rings. The number of methoxy groups -OCH3 is 1. The van der Waals surface area contributed by atoms with E-state index in [4.69, 9.17) is 9.72 Å². The average Bonchev–Trinajstić information content (AvgIpc) is 3.17. The number of hydrogen-bond acceptors (Lipinski definition) is 5. The molecule has 2 aromatic carbocycles. The average molecular weight is 541 g/mol. The molecule has 0 spiro atoms. The van der Waals surface area contributed by atoms with E-state index in [2.05, 4.69) is 41.8 Å². The molecule has 2 N–H and O–H groups in total. The van der Waals surface area contributed by atoms with Gasteiger partial charge in [0.15, 0.2) is 11.4 Å². The predicted octanol–water partition coefficient (Wildman–Crippen LogP) is 6.26. The molecule has 0 fully saturated rings. The number of carbonyl (C=O) groups excluding carboxylic acids is 1. The van der Waals surface area contributed by atoms with Gasteiger partial charge in [0.25, 0.3) is 0 Å². The number of nitrogens with zero attached hydrogens (tertiary/aromatic N) is 2. The van der Waals surface area contributed by atoms with Crippen LogP contribution in [-0.4, -0.2) is 33.1 Å². The molecule has 0 bridgehead atoms. The third kappa shape index (κ3) is 3.01. The standard InChI is InChI=1S/C23H15Br2N3O3/c1-10-17-12-5-3-4-6-15(12)26-21(17)20(28-18(10)23(30)31-2)16-8-7-11-13(24)9-14(25)22(29)19(11)27-16/h3-9,26,29H,1-2H3. The van der Waals surface area contributed by atoms with Crippen LogP contribution >= 0.6 is 31.9 Å². The number of halogens is 2. The molecule has 0 aliphatic carbocycles. The van der Waals surface area contributed by atoms with Crippen LogP contribution in [0.1, 0.15) is 16.1 Å². The highest BCUT2D eigenvalue weighted by Gasteiger charge is 2.22. The van der Waals surface area contributed by atoms with Crippen LogP contribution in [-0.2, 0) is 4.74 Å². The van der Waals surface area contributed by atoms with Crippen molar-refractivity contribution < 1.29 is 14.6 Å². The van der Waals surface area contributed by atoms with E-state index in [1.54, 1.807) is 6.07 Å². The lowest BCUT2D eigenvalue weighted by atomic mass is 10.0. The van der Waals surface area contributed by atoms with Gasteiger partial charge in [0.05, 0.1) is 22.8 Å². The third-order valence-corrected chi connectivity index (χ3v) is 6.64. The smallest absolute Gasteiger partial charge is 0.356 e. The van der Waals surface area contributed by atoms with Gasteiger partial charge in [-0.05, 0) is 52.7 Å². The maximum absolute atomic E-state index is 12.5. The van der Waals surface area contributed by atoms with Crippen molar-refractivity contribution in [2.45, 2.75) is 6.92 Å². The van der Waals surface area contributed by atoms with E-state index in [1.165, 1.54) is 7.11 Å². The number of rotatable bonds is 2. The maximum atomic E-state index is 12.5. The first-order valence-corrected chi connectivity index (χ1v) is 11.0. The molecule has 0 amide bonds. The summed E-state index contributed by atoms with van der Waals surface area (Å²) >= 11 is 6.87. The number of phenolic OH excluding ortho intramolecular Hbond substituents is 1. The Kier molecular flexibility index (Phi) is 4.71. The summed E-state index contributed by atoms with van der Waals surface area (Å²) in [6.45, 7) is 1.86. The zero-order valence-electron chi connectivity index (χ0n) is 16.5. The number of aromatic amines is 1. The Labute approximate surface area is 193 Å². The highest BCUT2D eigenvalue weighted by molar-refractivity contribution is 9.11. The number of aromatic nitrogens is 3. The fourth-order valence-corrected chi connectivity index (χ4v) is 5.17. The first kappa shape index (κ1) is 20.0. The molecule has 0 aliphatic heterocycles. The van der Waals surface area contributed by atoms with E-state index in [1.807, 2.05) is 43.3 Å². The molecule has 3 aromatic heterocycles. The van der Waals surface area contributed by atoms with E-state index in [-0.39, 0.29) is 11.4 Å². The Balaban J connectivity index is 1.91. The highest BCUT2D eigenvalue weighted by Crippen LogP contribution is 2.39. The van der Waals surface area contributed by atoms with Gasteiger partial charge in [-0.1, -0.05) is 34.1 Å². The Bertz CT molecular complexity index is 1540. The van der Waals surface area contributed by atoms with Gasteiger partial charge >= 0.3 is 5.97 Å². The quantitative estimate of drug-likeness (QED) is 0.258. The number of phenols is 1. The number of hydrogen-bond donors (Lipinski definition) is 2. The topological polar surface area (TPSA) is 88.1 Å². The molecular weight excluding hydrogens is 526 g/mol. The van der Waals surface area contributed by atoms with Gasteiger partial charge in [-0.25, -0.2) is 14.8 Å². The summed E-state index contributed by atoms with van der Waals surface area (Å²) in [7, 11) is 1.34. The number of para-hydroxylation sites is 1. The van der Waals surface area contributed by atoms with Gasteiger partial charge in [-0.15, -0.1) is 0 Å². The van der Waals surface area contributed by atoms with Gasteiger partial charge in [-0.2, -0.15) is 0 Å². The Morgan fingerprint density at radius 2 is 1.84 bits per heavy atom. The second-order valence-corrected chi connectivity index (χ2v) is 8.84. The van der Waals surface area contributed by atoms with Gasteiger partial charge in [0, 0.05) is 26.1 Å². The number of esters is 1. The van der Waals surface area contributed by atoms with Crippen LogP contribution in [0.3, 0.4) is 0 Å². The number of nitrogens with one attached hydrogen (secondary N) is 1. The molecule has 0 atom stereocenters. The Morgan fingerprint density at radius 3 is 2.61 bits per heavy atom. The number of H-pyrrole nitrogens is 1. The van der Waals surface area contributed by atoms with Crippen molar-refractivity contribution >= 4 is 70.5 Å². The van der Waals surface area contributed by atoms with E-state index < -0.39 is 5.97 Å².